The number of rotatable bonds is 4. The fourth-order valence-corrected chi connectivity index (χ4v) is 2.65. The zero-order chi connectivity index (χ0) is 14.8. The monoisotopic (exact) mass is 306 g/mol. The maximum Gasteiger partial charge on any atom is 0.181 e. The van der Waals surface area contributed by atoms with Crippen molar-refractivity contribution in [2.24, 2.45) is 0 Å². The van der Waals surface area contributed by atoms with Crippen molar-refractivity contribution in [3.63, 3.8) is 0 Å². The molecule has 0 bridgehead atoms. The lowest BCUT2D eigenvalue weighted by Gasteiger charge is -2.04. The molecule has 0 fully saturated rings. The number of H-pyrrole nitrogens is 1. The Balaban J connectivity index is 1.82. The number of aromatic amines is 1. The molecule has 0 aliphatic rings. The average Bonchev–Trinajstić information content (AvgIpc) is 2.93. The predicted octanol–water partition coefficient (Wildman–Crippen LogP) is 2.61. The molecule has 3 aromatic rings. The van der Waals surface area contributed by atoms with Gasteiger partial charge in [0.1, 0.15) is 28.5 Å². The van der Waals surface area contributed by atoms with E-state index >= 15 is 0 Å². The number of hydrogen-bond donors (Lipinski definition) is 1. The molecule has 0 saturated heterocycles. The number of ketones is 1. The minimum absolute atomic E-state index is 0.136. The van der Waals surface area contributed by atoms with Crippen molar-refractivity contribution in [2.75, 3.05) is 5.75 Å². The molecule has 1 N–H and O–H groups in total. The van der Waals surface area contributed by atoms with Gasteiger partial charge in [-0.15, -0.1) is 0 Å². The van der Waals surface area contributed by atoms with Gasteiger partial charge in [-0.2, -0.15) is 0 Å². The molecule has 2 aromatic heterocycles. The van der Waals surface area contributed by atoms with Gasteiger partial charge in [0.15, 0.2) is 11.4 Å². The fraction of sp³-hybridized carbons (Fsp3) is 0.0769. The molecule has 0 atom stereocenters. The highest BCUT2D eigenvalue weighted by atomic mass is 32.2. The Morgan fingerprint density at radius 1 is 1.19 bits per heavy atom. The van der Waals surface area contributed by atoms with E-state index < -0.39 is 23.0 Å². The van der Waals surface area contributed by atoms with E-state index in [2.05, 4.69) is 19.9 Å². The Morgan fingerprint density at radius 3 is 2.71 bits per heavy atom. The Bertz CT molecular complexity index is 801. The van der Waals surface area contributed by atoms with E-state index in [-0.39, 0.29) is 5.75 Å². The molecule has 0 radical (unpaired) electrons. The molecular weight excluding hydrogens is 298 g/mol. The van der Waals surface area contributed by atoms with Gasteiger partial charge < -0.3 is 4.98 Å². The zero-order valence-electron chi connectivity index (χ0n) is 10.5. The number of halogens is 2. The quantitative estimate of drug-likeness (QED) is 0.456. The maximum atomic E-state index is 13.5. The molecule has 3 rings (SSSR count). The largest absolute Gasteiger partial charge is 0.341 e. The first kappa shape index (κ1) is 13.6. The number of imidazole rings is 1. The fourth-order valence-electron chi connectivity index (χ4n) is 1.82. The highest BCUT2D eigenvalue weighted by Crippen LogP contribution is 2.23. The molecule has 21 heavy (non-hydrogen) atoms. The van der Waals surface area contributed by atoms with Crippen molar-refractivity contribution in [3.05, 3.63) is 48.1 Å². The van der Waals surface area contributed by atoms with E-state index in [1.807, 2.05) is 0 Å². The SMILES string of the molecule is O=C(CSc1ncnc2nc[nH]c12)c1c(F)cccc1F. The molecule has 0 amide bonds. The van der Waals surface area contributed by atoms with Crippen molar-refractivity contribution in [1.29, 1.82) is 0 Å². The lowest BCUT2D eigenvalue weighted by molar-refractivity contribution is 0.101. The molecule has 2 heterocycles. The van der Waals surface area contributed by atoms with Gasteiger partial charge in [0.2, 0.25) is 0 Å². The van der Waals surface area contributed by atoms with E-state index in [0.29, 0.717) is 16.2 Å². The van der Waals surface area contributed by atoms with Crippen LogP contribution in [0.15, 0.2) is 35.9 Å². The Hall–Kier alpha value is -2.35. The number of nitrogens with zero attached hydrogens (tertiary/aromatic N) is 3. The third-order valence-electron chi connectivity index (χ3n) is 2.77. The van der Waals surface area contributed by atoms with Crippen LogP contribution in [-0.4, -0.2) is 31.5 Å². The van der Waals surface area contributed by atoms with Crippen molar-refractivity contribution in [3.8, 4) is 0 Å². The molecule has 0 unspecified atom stereocenters. The van der Waals surface area contributed by atoms with Gasteiger partial charge in [-0.25, -0.2) is 23.7 Å². The van der Waals surface area contributed by atoms with Crippen LogP contribution in [0.1, 0.15) is 10.4 Å². The first-order valence-corrected chi connectivity index (χ1v) is 6.89. The molecule has 5 nitrogen and oxygen atoms in total. The molecule has 8 heteroatoms. The van der Waals surface area contributed by atoms with Crippen LogP contribution in [0.2, 0.25) is 0 Å². The van der Waals surface area contributed by atoms with Crippen LogP contribution in [0.4, 0.5) is 8.78 Å². The molecule has 106 valence electrons. The topological polar surface area (TPSA) is 71.5 Å². The maximum absolute atomic E-state index is 13.5. The van der Waals surface area contributed by atoms with Gasteiger partial charge >= 0.3 is 0 Å². The van der Waals surface area contributed by atoms with Gasteiger partial charge in [0, 0.05) is 0 Å². The van der Waals surface area contributed by atoms with Gasteiger partial charge in [-0.3, -0.25) is 4.79 Å². The standard InChI is InChI=1S/C13H8F2N4OS/c14-7-2-1-3-8(15)10(7)9(20)4-21-13-11-12(17-5-16-11)18-6-19-13/h1-3,5-6H,4H2,(H,16,17,18,19). The highest BCUT2D eigenvalue weighted by molar-refractivity contribution is 8.00. The summed E-state index contributed by atoms with van der Waals surface area (Å²) in [6.45, 7) is 0. The lowest BCUT2D eigenvalue weighted by Crippen LogP contribution is -2.08. The zero-order valence-corrected chi connectivity index (χ0v) is 11.3. The number of carbonyl (C=O) groups is 1. The van der Waals surface area contributed by atoms with Crippen molar-refractivity contribution in [1.82, 2.24) is 19.9 Å². The summed E-state index contributed by atoms with van der Waals surface area (Å²) in [4.78, 5) is 26.8. The third kappa shape index (κ3) is 2.62. The summed E-state index contributed by atoms with van der Waals surface area (Å²) in [5.74, 6) is -2.50. The minimum Gasteiger partial charge on any atom is -0.341 e. The van der Waals surface area contributed by atoms with Crippen molar-refractivity contribution < 1.29 is 13.6 Å². The summed E-state index contributed by atoms with van der Waals surface area (Å²) in [6, 6.07) is 3.32. The molecule has 0 aliphatic carbocycles. The van der Waals surface area contributed by atoms with Gasteiger partial charge in [-0.05, 0) is 12.1 Å². The summed E-state index contributed by atoms with van der Waals surface area (Å²) < 4.78 is 27.0. The number of nitrogens with one attached hydrogen (secondary N) is 1. The van der Waals surface area contributed by atoms with Crippen LogP contribution in [0.3, 0.4) is 0 Å². The number of Topliss-reactive ketones (excluding diaryl/α,β-unsaturated/α-hetero) is 1. The predicted molar refractivity (Wildman–Crippen MR) is 73.1 cm³/mol. The van der Waals surface area contributed by atoms with Crippen LogP contribution in [0.25, 0.3) is 11.2 Å². The highest BCUT2D eigenvalue weighted by Gasteiger charge is 2.18. The van der Waals surface area contributed by atoms with Crippen LogP contribution in [0.5, 0.6) is 0 Å². The van der Waals surface area contributed by atoms with Gasteiger partial charge in [0.05, 0.1) is 17.6 Å². The second kappa shape index (κ2) is 5.57. The van der Waals surface area contributed by atoms with E-state index in [4.69, 9.17) is 0 Å². The molecule has 0 saturated carbocycles. The molecule has 0 spiro atoms. The van der Waals surface area contributed by atoms with Crippen molar-refractivity contribution >= 4 is 28.7 Å². The van der Waals surface area contributed by atoms with Crippen LogP contribution in [0, 0.1) is 11.6 Å². The Kier molecular flexibility index (Phi) is 3.61. The molecular formula is C13H8F2N4OS. The number of aromatic nitrogens is 4. The van der Waals surface area contributed by atoms with Crippen LogP contribution < -0.4 is 0 Å². The van der Waals surface area contributed by atoms with Crippen LogP contribution >= 0.6 is 11.8 Å². The number of carbonyl (C=O) groups excluding carboxylic acids is 1. The van der Waals surface area contributed by atoms with E-state index in [1.165, 1.54) is 18.7 Å². The summed E-state index contributed by atoms with van der Waals surface area (Å²) in [6.07, 6.45) is 2.78. The van der Waals surface area contributed by atoms with Gasteiger partial charge in [0.25, 0.3) is 0 Å². The lowest BCUT2D eigenvalue weighted by atomic mass is 10.1. The normalized spacial score (nSPS) is 11.0. The Morgan fingerprint density at radius 2 is 1.95 bits per heavy atom. The molecule has 0 aliphatic heterocycles. The smallest absolute Gasteiger partial charge is 0.181 e. The van der Waals surface area contributed by atoms with Gasteiger partial charge in [-0.1, -0.05) is 17.8 Å². The number of hydrogen-bond acceptors (Lipinski definition) is 5. The molecule has 1 aromatic carbocycles. The number of fused-ring (bicyclic) bond motifs is 1. The second-order valence-electron chi connectivity index (χ2n) is 4.09. The van der Waals surface area contributed by atoms with Crippen molar-refractivity contribution in [2.45, 2.75) is 5.03 Å². The van der Waals surface area contributed by atoms with E-state index in [9.17, 15) is 13.6 Å². The number of thioether (sulfide) groups is 1. The first-order valence-electron chi connectivity index (χ1n) is 5.91. The summed E-state index contributed by atoms with van der Waals surface area (Å²) in [5, 5.41) is 0.502. The Labute approximate surface area is 121 Å². The third-order valence-corrected chi connectivity index (χ3v) is 3.76. The van der Waals surface area contributed by atoms with Crippen LogP contribution in [-0.2, 0) is 0 Å². The average molecular weight is 306 g/mol. The van der Waals surface area contributed by atoms with E-state index in [0.717, 1.165) is 23.9 Å². The van der Waals surface area contributed by atoms with E-state index in [1.54, 1.807) is 0 Å². The minimum atomic E-state index is -0.866. The summed E-state index contributed by atoms with van der Waals surface area (Å²) in [5.41, 5.74) is 0.529. The summed E-state index contributed by atoms with van der Waals surface area (Å²) in [7, 11) is 0. The summed E-state index contributed by atoms with van der Waals surface area (Å²) >= 11 is 1.07. The first-order chi connectivity index (χ1) is 10.2. The second-order valence-corrected chi connectivity index (χ2v) is 5.05. The number of benzene rings is 1.